The highest BCUT2D eigenvalue weighted by Gasteiger charge is 2.40. The van der Waals surface area contributed by atoms with E-state index in [2.05, 4.69) is 82.0 Å². The highest BCUT2D eigenvalue weighted by atomic mass is 16.7. The number of rotatable bonds is 11. The molecule has 3 aromatic carbocycles. The third-order valence-electron chi connectivity index (χ3n) is 9.01. The fraction of sp³-hybridized carbons (Fsp3) is 0.457. The average molecular weight is 569 g/mol. The number of hydrogen-bond acceptors (Lipinski definition) is 6. The van der Waals surface area contributed by atoms with Gasteiger partial charge >= 0.3 is 0 Å². The lowest BCUT2D eigenvalue weighted by Crippen LogP contribution is -2.51. The van der Waals surface area contributed by atoms with Crippen LogP contribution >= 0.6 is 0 Å². The topological polar surface area (TPSA) is 66.1 Å². The van der Waals surface area contributed by atoms with Crippen molar-refractivity contribution in [1.29, 1.82) is 0 Å². The van der Waals surface area contributed by atoms with Crippen LogP contribution in [0.25, 0.3) is 11.1 Å². The van der Waals surface area contributed by atoms with Crippen LogP contribution in [0.5, 0.6) is 11.5 Å². The van der Waals surface area contributed by atoms with Crippen molar-refractivity contribution in [2.45, 2.75) is 63.7 Å². The van der Waals surface area contributed by atoms with E-state index in [0.717, 1.165) is 68.9 Å². The van der Waals surface area contributed by atoms with Gasteiger partial charge in [0.05, 0.1) is 6.04 Å². The molecule has 3 aliphatic rings. The Morgan fingerprint density at radius 2 is 1.64 bits per heavy atom. The second kappa shape index (κ2) is 13.7. The van der Waals surface area contributed by atoms with Crippen LogP contribution in [0.3, 0.4) is 0 Å². The smallest absolute Gasteiger partial charge is 0.237 e. The number of ether oxygens (including phenoxy) is 2. The van der Waals surface area contributed by atoms with Gasteiger partial charge in [-0.3, -0.25) is 9.69 Å². The van der Waals surface area contributed by atoms with E-state index >= 15 is 0 Å². The van der Waals surface area contributed by atoms with Gasteiger partial charge in [-0.1, -0.05) is 67.6 Å². The third-order valence-corrected chi connectivity index (χ3v) is 9.01. The molecule has 2 fully saturated rings. The van der Waals surface area contributed by atoms with Gasteiger partial charge in [-0.2, -0.15) is 0 Å². The predicted octanol–water partition coefficient (Wildman–Crippen LogP) is 4.85. The summed E-state index contributed by atoms with van der Waals surface area (Å²) in [5, 5.41) is 7.05. The number of benzene rings is 3. The normalized spacial score (nSPS) is 21.1. The van der Waals surface area contributed by atoms with E-state index in [0.29, 0.717) is 12.6 Å². The number of carbonyl (C=O) groups excluding carboxylic acids is 1. The standard InChI is InChI=1S/C35H44N4O3/c1-2-18-38-19-15-31(16-20-38)39-24-30(37-23-27-8-11-29(12-9-27)28-6-4-3-5-7-28)22-32(39)35(40)36-17-14-26-10-13-33-34(21-26)42-25-41-33/h3-13,21,30-32,37H,2,14-20,22-25H2,1H3,(H,36,40)/t30-,32-/m0/s1. The van der Waals surface area contributed by atoms with Gasteiger partial charge in [0.25, 0.3) is 0 Å². The molecule has 0 radical (unpaired) electrons. The van der Waals surface area contributed by atoms with Crippen LogP contribution in [0.15, 0.2) is 72.8 Å². The molecule has 1 amide bonds. The Kier molecular flexibility index (Phi) is 9.38. The first-order valence-corrected chi connectivity index (χ1v) is 15.7. The monoisotopic (exact) mass is 568 g/mol. The van der Waals surface area contributed by atoms with Crippen molar-refractivity contribution in [2.24, 2.45) is 0 Å². The summed E-state index contributed by atoms with van der Waals surface area (Å²) in [5.41, 5.74) is 4.88. The number of amides is 1. The van der Waals surface area contributed by atoms with E-state index in [9.17, 15) is 4.79 Å². The van der Waals surface area contributed by atoms with Gasteiger partial charge in [0, 0.05) is 31.7 Å². The summed E-state index contributed by atoms with van der Waals surface area (Å²) in [5.74, 6) is 1.74. The molecule has 222 valence electrons. The summed E-state index contributed by atoms with van der Waals surface area (Å²) in [4.78, 5) is 18.7. The predicted molar refractivity (Wildman–Crippen MR) is 167 cm³/mol. The maximum atomic E-state index is 13.6. The minimum atomic E-state index is -0.0950. The Morgan fingerprint density at radius 3 is 2.43 bits per heavy atom. The first kappa shape index (κ1) is 28.7. The summed E-state index contributed by atoms with van der Waals surface area (Å²) in [6.45, 7) is 8.29. The van der Waals surface area contributed by atoms with Gasteiger partial charge in [0.1, 0.15) is 0 Å². The average Bonchev–Trinajstić information content (AvgIpc) is 3.69. The van der Waals surface area contributed by atoms with Crippen molar-refractivity contribution in [2.75, 3.05) is 39.5 Å². The van der Waals surface area contributed by atoms with E-state index in [1.807, 2.05) is 18.2 Å². The summed E-state index contributed by atoms with van der Waals surface area (Å²) in [6, 6.07) is 26.0. The number of carbonyl (C=O) groups is 1. The zero-order chi connectivity index (χ0) is 28.7. The van der Waals surface area contributed by atoms with Gasteiger partial charge in [-0.15, -0.1) is 0 Å². The van der Waals surface area contributed by atoms with Crippen LogP contribution in [0.2, 0.25) is 0 Å². The first-order valence-electron chi connectivity index (χ1n) is 15.7. The van der Waals surface area contributed by atoms with Crippen LogP contribution in [0.1, 0.15) is 43.7 Å². The summed E-state index contributed by atoms with van der Waals surface area (Å²) in [7, 11) is 0. The molecule has 42 heavy (non-hydrogen) atoms. The number of nitrogens with zero attached hydrogens (tertiary/aromatic N) is 2. The van der Waals surface area contributed by atoms with Gasteiger partial charge in [0.2, 0.25) is 12.7 Å². The molecule has 3 heterocycles. The number of piperidine rings is 1. The SMILES string of the molecule is CCCN1CCC(N2C[C@@H](NCc3ccc(-c4ccccc4)cc3)C[C@H]2C(=O)NCCc2ccc3c(c2)OCO3)CC1. The van der Waals surface area contributed by atoms with Gasteiger partial charge < -0.3 is 25.0 Å². The molecule has 0 spiro atoms. The number of likely N-dealkylation sites (tertiary alicyclic amines) is 2. The zero-order valence-corrected chi connectivity index (χ0v) is 24.8. The largest absolute Gasteiger partial charge is 0.454 e. The minimum Gasteiger partial charge on any atom is -0.454 e. The van der Waals surface area contributed by atoms with Gasteiger partial charge in [-0.05, 0) is 86.1 Å². The molecule has 0 saturated carbocycles. The Hall–Kier alpha value is -3.39. The van der Waals surface area contributed by atoms with E-state index < -0.39 is 0 Å². The van der Waals surface area contributed by atoms with Crippen LogP contribution in [0, 0.1) is 0 Å². The maximum Gasteiger partial charge on any atom is 0.237 e. The molecule has 3 aliphatic heterocycles. The maximum absolute atomic E-state index is 13.6. The summed E-state index contributed by atoms with van der Waals surface area (Å²) >= 11 is 0. The van der Waals surface area contributed by atoms with Crippen LogP contribution in [-0.2, 0) is 17.8 Å². The lowest BCUT2D eigenvalue weighted by molar-refractivity contribution is -0.126. The first-order chi connectivity index (χ1) is 20.7. The molecule has 2 atom stereocenters. The quantitative estimate of drug-likeness (QED) is 0.345. The van der Waals surface area contributed by atoms with E-state index in [1.165, 1.54) is 29.7 Å². The second-order valence-electron chi connectivity index (χ2n) is 11.9. The fourth-order valence-corrected chi connectivity index (χ4v) is 6.71. The van der Waals surface area contributed by atoms with E-state index in [4.69, 9.17) is 9.47 Å². The fourth-order valence-electron chi connectivity index (χ4n) is 6.71. The Labute approximate surface area is 250 Å². The zero-order valence-electron chi connectivity index (χ0n) is 24.8. The third kappa shape index (κ3) is 6.97. The van der Waals surface area contributed by atoms with E-state index in [-0.39, 0.29) is 24.8 Å². The Bertz CT molecular complexity index is 1310. The van der Waals surface area contributed by atoms with Crippen molar-refractivity contribution >= 4 is 5.91 Å². The molecule has 2 saturated heterocycles. The summed E-state index contributed by atoms with van der Waals surface area (Å²) < 4.78 is 10.9. The molecule has 7 heteroatoms. The van der Waals surface area contributed by atoms with Crippen LogP contribution < -0.4 is 20.1 Å². The van der Waals surface area contributed by atoms with Crippen molar-refractivity contribution in [3.8, 4) is 22.6 Å². The molecule has 3 aromatic rings. The number of fused-ring (bicyclic) bond motifs is 1. The molecular formula is C35H44N4O3. The van der Waals surface area contributed by atoms with Crippen molar-refractivity contribution < 1.29 is 14.3 Å². The van der Waals surface area contributed by atoms with Crippen molar-refractivity contribution in [1.82, 2.24) is 20.4 Å². The van der Waals surface area contributed by atoms with E-state index in [1.54, 1.807) is 0 Å². The van der Waals surface area contributed by atoms with Gasteiger partial charge in [0.15, 0.2) is 11.5 Å². The number of nitrogens with one attached hydrogen (secondary N) is 2. The van der Waals surface area contributed by atoms with Crippen LogP contribution in [-0.4, -0.2) is 73.3 Å². The second-order valence-corrected chi connectivity index (χ2v) is 11.9. The highest BCUT2D eigenvalue weighted by molar-refractivity contribution is 5.82. The van der Waals surface area contributed by atoms with Crippen molar-refractivity contribution in [3.05, 3.63) is 83.9 Å². The molecule has 2 N–H and O–H groups in total. The van der Waals surface area contributed by atoms with Gasteiger partial charge in [-0.25, -0.2) is 0 Å². The molecule has 0 aromatic heterocycles. The molecule has 0 aliphatic carbocycles. The highest BCUT2D eigenvalue weighted by Crippen LogP contribution is 2.32. The minimum absolute atomic E-state index is 0.0950. The summed E-state index contributed by atoms with van der Waals surface area (Å²) in [6.07, 6.45) is 5.07. The Balaban J connectivity index is 1.06. The number of hydrogen-bond donors (Lipinski definition) is 2. The molecule has 0 unspecified atom stereocenters. The Morgan fingerprint density at radius 1 is 0.905 bits per heavy atom. The lowest BCUT2D eigenvalue weighted by atomic mass is 10.0. The molecule has 6 rings (SSSR count). The lowest BCUT2D eigenvalue weighted by Gasteiger charge is -2.39. The van der Waals surface area contributed by atoms with Crippen LogP contribution in [0.4, 0.5) is 0 Å². The molecule has 7 nitrogen and oxygen atoms in total. The molecule has 0 bridgehead atoms. The molecular weight excluding hydrogens is 524 g/mol. The van der Waals surface area contributed by atoms with Crippen molar-refractivity contribution in [3.63, 3.8) is 0 Å².